The van der Waals surface area contributed by atoms with Gasteiger partial charge in [0, 0.05) is 31.3 Å². The van der Waals surface area contributed by atoms with E-state index >= 15 is 0 Å². The van der Waals surface area contributed by atoms with Crippen LogP contribution in [0.15, 0.2) is 45.1 Å². The number of carbonyl (C=O) groups excluding carboxylic acids is 1. The highest BCUT2D eigenvalue weighted by atomic mass is 32.2. The van der Waals surface area contributed by atoms with E-state index in [1.165, 1.54) is 23.5 Å². The lowest BCUT2D eigenvalue weighted by Crippen LogP contribution is -2.43. The number of amides is 1. The van der Waals surface area contributed by atoms with Crippen LogP contribution in [0.1, 0.15) is 5.56 Å². The largest absolute Gasteiger partial charge is 0.354 e. The lowest BCUT2D eigenvalue weighted by Gasteiger charge is -2.09. The molecule has 8 nitrogen and oxygen atoms in total. The molecule has 0 aliphatic carbocycles. The predicted octanol–water partition coefficient (Wildman–Crippen LogP) is 0.651. The summed E-state index contributed by atoms with van der Waals surface area (Å²) in [6.07, 6.45) is 1.47. The molecule has 2 heterocycles. The molecule has 142 valence electrons. The van der Waals surface area contributed by atoms with E-state index in [2.05, 4.69) is 10.3 Å². The number of benzene rings is 1. The molecule has 27 heavy (non-hydrogen) atoms. The Morgan fingerprint density at radius 1 is 1.19 bits per heavy atom. The van der Waals surface area contributed by atoms with Crippen molar-refractivity contribution in [3.05, 3.63) is 57.0 Å². The Balaban J connectivity index is 1.64. The summed E-state index contributed by atoms with van der Waals surface area (Å²) in [7, 11) is 3.21. The van der Waals surface area contributed by atoms with E-state index in [4.69, 9.17) is 0 Å². The minimum atomic E-state index is -0.560. The Labute approximate surface area is 159 Å². The summed E-state index contributed by atoms with van der Waals surface area (Å²) in [5, 5.41) is 2.75. The van der Waals surface area contributed by atoms with Crippen LogP contribution in [0, 0.1) is 6.92 Å². The van der Waals surface area contributed by atoms with Gasteiger partial charge in [-0.2, -0.15) is 0 Å². The summed E-state index contributed by atoms with van der Waals surface area (Å²) < 4.78 is 3.76. The molecule has 1 amide bonds. The topological polar surface area (TPSA) is 90.9 Å². The van der Waals surface area contributed by atoms with Crippen LogP contribution in [0.2, 0.25) is 0 Å². The van der Waals surface area contributed by atoms with Crippen LogP contribution in [0.3, 0.4) is 0 Å². The van der Waals surface area contributed by atoms with Crippen molar-refractivity contribution in [2.24, 2.45) is 14.1 Å². The molecule has 0 bridgehead atoms. The van der Waals surface area contributed by atoms with Crippen LogP contribution >= 0.6 is 11.8 Å². The van der Waals surface area contributed by atoms with Crippen LogP contribution in [-0.4, -0.2) is 36.9 Å². The summed E-state index contributed by atoms with van der Waals surface area (Å²) in [5.74, 6) is 0.322. The first-order chi connectivity index (χ1) is 12.9. The van der Waals surface area contributed by atoms with Crippen LogP contribution in [0.4, 0.5) is 0 Å². The molecule has 9 heteroatoms. The van der Waals surface area contributed by atoms with Gasteiger partial charge in [-0.05, 0) is 19.1 Å². The fourth-order valence-corrected chi connectivity index (χ4v) is 3.50. The molecular weight excluding hydrogens is 366 g/mol. The third-order valence-corrected chi connectivity index (χ3v) is 5.23. The second-order valence-electron chi connectivity index (χ2n) is 6.27. The van der Waals surface area contributed by atoms with E-state index in [9.17, 15) is 14.4 Å². The number of nitrogens with one attached hydrogen (secondary N) is 1. The van der Waals surface area contributed by atoms with Crippen LogP contribution in [0.25, 0.3) is 11.2 Å². The number of imidazole rings is 1. The first-order valence-corrected chi connectivity index (χ1v) is 9.44. The minimum Gasteiger partial charge on any atom is -0.354 e. The van der Waals surface area contributed by atoms with Crippen molar-refractivity contribution in [1.82, 2.24) is 24.0 Å². The first kappa shape index (κ1) is 19.0. The number of fused-ring (bicyclic) bond motifs is 1. The van der Waals surface area contributed by atoms with Gasteiger partial charge in [0.1, 0.15) is 6.54 Å². The molecule has 1 N–H and O–H groups in total. The summed E-state index contributed by atoms with van der Waals surface area (Å²) in [6, 6.07) is 8.15. The maximum atomic E-state index is 12.6. The average molecular weight is 387 g/mol. The fraction of sp³-hybridized carbons (Fsp3) is 0.333. The SMILES string of the molecule is Cc1ccc(SCCNC(=O)Cn2c(=O)c3c(ncn3C)n(C)c2=O)cc1. The molecule has 1 aromatic carbocycles. The molecule has 3 rings (SSSR count). The molecule has 0 fully saturated rings. The number of aromatic nitrogens is 4. The Bertz CT molecular complexity index is 1100. The zero-order valence-corrected chi connectivity index (χ0v) is 16.2. The summed E-state index contributed by atoms with van der Waals surface area (Å²) >= 11 is 1.63. The molecule has 0 unspecified atom stereocenters. The molecule has 0 saturated heterocycles. The van der Waals surface area contributed by atoms with E-state index in [1.807, 2.05) is 31.2 Å². The number of thioether (sulfide) groups is 1. The second kappa shape index (κ2) is 7.83. The Morgan fingerprint density at radius 3 is 2.59 bits per heavy atom. The lowest BCUT2D eigenvalue weighted by atomic mass is 10.2. The lowest BCUT2D eigenvalue weighted by molar-refractivity contribution is -0.121. The number of carbonyl (C=O) groups is 1. The maximum Gasteiger partial charge on any atom is 0.332 e. The van der Waals surface area contributed by atoms with E-state index in [1.54, 1.807) is 23.4 Å². The van der Waals surface area contributed by atoms with Crippen molar-refractivity contribution in [3.8, 4) is 0 Å². The quantitative estimate of drug-likeness (QED) is 0.495. The highest BCUT2D eigenvalue weighted by Crippen LogP contribution is 2.17. The summed E-state index contributed by atoms with van der Waals surface area (Å²) in [5.41, 5.74) is 0.719. The van der Waals surface area contributed by atoms with Gasteiger partial charge in [-0.15, -0.1) is 11.8 Å². The van der Waals surface area contributed by atoms with E-state index in [0.29, 0.717) is 23.5 Å². The Morgan fingerprint density at radius 2 is 1.89 bits per heavy atom. The van der Waals surface area contributed by atoms with Crippen molar-refractivity contribution in [2.75, 3.05) is 12.3 Å². The van der Waals surface area contributed by atoms with Gasteiger partial charge in [0.15, 0.2) is 11.2 Å². The number of rotatable bonds is 6. The third-order valence-electron chi connectivity index (χ3n) is 4.22. The van der Waals surface area contributed by atoms with Gasteiger partial charge in [0.25, 0.3) is 5.56 Å². The van der Waals surface area contributed by atoms with Crippen molar-refractivity contribution in [2.45, 2.75) is 18.4 Å². The minimum absolute atomic E-state index is 0.292. The molecule has 2 aromatic heterocycles. The number of hydrogen-bond donors (Lipinski definition) is 1. The van der Waals surface area contributed by atoms with Crippen LogP contribution in [0.5, 0.6) is 0 Å². The van der Waals surface area contributed by atoms with Gasteiger partial charge in [0.2, 0.25) is 5.91 Å². The number of nitrogens with zero attached hydrogens (tertiary/aromatic N) is 4. The van der Waals surface area contributed by atoms with Gasteiger partial charge in [0.05, 0.1) is 6.33 Å². The van der Waals surface area contributed by atoms with Gasteiger partial charge < -0.3 is 9.88 Å². The first-order valence-electron chi connectivity index (χ1n) is 8.45. The highest BCUT2D eigenvalue weighted by Gasteiger charge is 2.16. The predicted molar refractivity (Wildman–Crippen MR) is 105 cm³/mol. The zero-order chi connectivity index (χ0) is 19.6. The van der Waals surface area contributed by atoms with Crippen LogP contribution < -0.4 is 16.6 Å². The fourth-order valence-electron chi connectivity index (χ4n) is 2.73. The van der Waals surface area contributed by atoms with Gasteiger partial charge in [-0.3, -0.25) is 14.2 Å². The number of aryl methyl sites for hydroxylation is 3. The average Bonchev–Trinajstić information content (AvgIpc) is 3.04. The van der Waals surface area contributed by atoms with Gasteiger partial charge in [-0.1, -0.05) is 17.7 Å². The molecule has 3 aromatic rings. The van der Waals surface area contributed by atoms with Crippen molar-refractivity contribution in [1.29, 1.82) is 0 Å². The van der Waals surface area contributed by atoms with E-state index < -0.39 is 11.2 Å². The van der Waals surface area contributed by atoms with Crippen LogP contribution in [-0.2, 0) is 25.4 Å². The van der Waals surface area contributed by atoms with E-state index in [-0.39, 0.29) is 12.5 Å². The molecule has 0 saturated carbocycles. The second-order valence-corrected chi connectivity index (χ2v) is 7.44. The zero-order valence-electron chi connectivity index (χ0n) is 15.4. The molecule has 0 aliphatic rings. The van der Waals surface area contributed by atoms with Gasteiger partial charge in [-0.25, -0.2) is 14.3 Å². The standard InChI is InChI=1S/C18H21N5O3S/c1-12-4-6-13(7-5-12)27-9-8-19-14(24)10-23-17(25)15-16(20-11-21(15)2)22(3)18(23)26/h4-7,11H,8-10H2,1-3H3,(H,19,24). The molecule has 0 radical (unpaired) electrons. The third kappa shape index (κ3) is 3.97. The molecule has 0 atom stereocenters. The van der Waals surface area contributed by atoms with Gasteiger partial charge >= 0.3 is 5.69 Å². The Hall–Kier alpha value is -2.81. The maximum absolute atomic E-state index is 12.6. The van der Waals surface area contributed by atoms with Crippen molar-refractivity contribution >= 4 is 28.8 Å². The van der Waals surface area contributed by atoms with Crippen molar-refractivity contribution < 1.29 is 4.79 Å². The molecular formula is C18H21N5O3S. The summed E-state index contributed by atoms with van der Waals surface area (Å²) in [6.45, 7) is 2.16. The highest BCUT2D eigenvalue weighted by molar-refractivity contribution is 7.99. The number of hydrogen-bond acceptors (Lipinski definition) is 5. The molecule has 0 spiro atoms. The summed E-state index contributed by atoms with van der Waals surface area (Å²) in [4.78, 5) is 42.3. The van der Waals surface area contributed by atoms with E-state index in [0.717, 1.165) is 9.46 Å². The molecule has 0 aliphatic heterocycles. The van der Waals surface area contributed by atoms with Crippen molar-refractivity contribution in [3.63, 3.8) is 0 Å². The monoisotopic (exact) mass is 387 g/mol. The normalized spacial score (nSPS) is 11.1. The smallest absolute Gasteiger partial charge is 0.332 e. The Kier molecular flexibility index (Phi) is 5.50.